The van der Waals surface area contributed by atoms with Gasteiger partial charge in [-0.3, -0.25) is 9.36 Å². The monoisotopic (exact) mass is 453 g/mol. The number of rotatable bonds is 5. The molecule has 0 amide bonds. The van der Waals surface area contributed by atoms with E-state index in [0.717, 1.165) is 22.3 Å². The first kappa shape index (κ1) is 21.3. The van der Waals surface area contributed by atoms with Crippen LogP contribution in [0.25, 0.3) is 27.9 Å². The van der Waals surface area contributed by atoms with Crippen LogP contribution in [0.3, 0.4) is 0 Å². The van der Waals surface area contributed by atoms with Crippen LogP contribution in [-0.4, -0.2) is 24.7 Å². The fourth-order valence-corrected chi connectivity index (χ4v) is 4.11. The Morgan fingerprint density at radius 3 is 2.56 bits per heavy atom. The molecule has 0 saturated heterocycles. The Bertz CT molecular complexity index is 1560. The zero-order chi connectivity index (χ0) is 23.8. The molecule has 0 aliphatic carbocycles. The number of anilines is 2. The van der Waals surface area contributed by atoms with Gasteiger partial charge in [0, 0.05) is 18.3 Å². The van der Waals surface area contributed by atoms with Gasteiger partial charge in [-0.15, -0.1) is 10.2 Å². The lowest BCUT2D eigenvalue weighted by atomic mass is 10.0. The highest BCUT2D eigenvalue weighted by Crippen LogP contribution is 2.32. The molecule has 1 atom stereocenters. The average Bonchev–Trinajstić information content (AvgIpc) is 3.25. The Balaban J connectivity index is 1.68. The van der Waals surface area contributed by atoms with E-state index in [1.54, 1.807) is 11.5 Å². The third-order valence-electron chi connectivity index (χ3n) is 5.71. The fraction of sp³-hybridized carbons (Fsp3) is 0.160. The van der Waals surface area contributed by atoms with E-state index in [9.17, 15) is 4.79 Å². The van der Waals surface area contributed by atoms with Gasteiger partial charge in [-0.25, -0.2) is 9.97 Å². The summed E-state index contributed by atoms with van der Waals surface area (Å²) in [5, 5.41) is 12.9. The fourth-order valence-electron chi connectivity index (χ4n) is 4.11. The molecule has 170 valence electrons. The van der Waals surface area contributed by atoms with Gasteiger partial charge in [-0.05, 0) is 43.0 Å². The summed E-state index contributed by atoms with van der Waals surface area (Å²) in [5.74, 6) is 1.27. The third-order valence-corrected chi connectivity index (χ3v) is 5.71. The molecule has 2 aromatic carbocycles. The first-order valence-corrected chi connectivity index (χ1v) is 10.8. The Hall–Kier alpha value is -4.53. The maximum absolute atomic E-state index is 13.7. The molecular formula is C25H23N7O2. The van der Waals surface area contributed by atoms with Crippen LogP contribution in [0.2, 0.25) is 0 Å². The van der Waals surface area contributed by atoms with Crippen LogP contribution in [-0.2, 0) is 0 Å². The number of nitrogen functional groups attached to an aromatic ring is 1. The maximum Gasteiger partial charge on any atom is 0.263 e. The lowest BCUT2D eigenvalue weighted by molar-refractivity contribution is 0.532. The molecule has 0 saturated carbocycles. The second-order valence-corrected chi connectivity index (χ2v) is 8.06. The minimum absolute atomic E-state index is 0.0830. The van der Waals surface area contributed by atoms with Gasteiger partial charge in [0.25, 0.3) is 11.4 Å². The number of benzene rings is 2. The van der Waals surface area contributed by atoms with E-state index in [2.05, 4.69) is 25.5 Å². The lowest BCUT2D eigenvalue weighted by Gasteiger charge is -2.22. The van der Waals surface area contributed by atoms with E-state index >= 15 is 0 Å². The predicted octanol–water partition coefficient (Wildman–Crippen LogP) is 4.20. The summed E-state index contributed by atoms with van der Waals surface area (Å²) in [4.78, 5) is 22.2. The summed E-state index contributed by atoms with van der Waals surface area (Å²) < 4.78 is 7.31. The Morgan fingerprint density at radius 1 is 1.03 bits per heavy atom. The summed E-state index contributed by atoms with van der Waals surface area (Å²) in [6, 6.07) is 17.1. The van der Waals surface area contributed by atoms with Crippen molar-refractivity contribution in [2.75, 3.05) is 11.1 Å². The van der Waals surface area contributed by atoms with Gasteiger partial charge in [-0.2, -0.15) is 0 Å². The summed E-state index contributed by atoms with van der Waals surface area (Å²) >= 11 is 0. The molecule has 9 nitrogen and oxygen atoms in total. The van der Waals surface area contributed by atoms with Crippen LogP contribution in [0.4, 0.5) is 11.6 Å². The van der Waals surface area contributed by atoms with Crippen LogP contribution >= 0.6 is 0 Å². The van der Waals surface area contributed by atoms with Crippen molar-refractivity contribution in [2.24, 2.45) is 0 Å². The number of hydrogen-bond donors (Lipinski definition) is 2. The van der Waals surface area contributed by atoms with Gasteiger partial charge >= 0.3 is 0 Å². The number of hydrogen-bond acceptors (Lipinski definition) is 8. The van der Waals surface area contributed by atoms with Gasteiger partial charge in [0.2, 0.25) is 5.89 Å². The van der Waals surface area contributed by atoms with Crippen LogP contribution in [0, 0.1) is 13.8 Å². The molecule has 0 bridgehead atoms. The van der Waals surface area contributed by atoms with Gasteiger partial charge in [0.05, 0.1) is 11.4 Å². The van der Waals surface area contributed by atoms with Gasteiger partial charge in [0.1, 0.15) is 23.5 Å². The molecule has 3 aromatic heterocycles. The molecule has 5 aromatic rings. The second kappa shape index (κ2) is 8.43. The van der Waals surface area contributed by atoms with Crippen molar-refractivity contribution in [3.05, 3.63) is 88.4 Å². The largest absolute Gasteiger partial charge is 0.421 e. The van der Waals surface area contributed by atoms with Crippen LogP contribution < -0.4 is 16.6 Å². The molecule has 0 unspecified atom stereocenters. The smallest absolute Gasteiger partial charge is 0.263 e. The molecule has 0 aliphatic heterocycles. The molecule has 3 heterocycles. The quantitative estimate of drug-likeness (QED) is 0.406. The first-order valence-electron chi connectivity index (χ1n) is 10.8. The summed E-state index contributed by atoms with van der Waals surface area (Å²) in [6.07, 6.45) is 1.37. The van der Waals surface area contributed by atoms with Gasteiger partial charge in [-0.1, -0.05) is 36.4 Å². The van der Waals surface area contributed by atoms with E-state index < -0.39 is 0 Å². The van der Waals surface area contributed by atoms with E-state index in [4.69, 9.17) is 10.2 Å². The van der Waals surface area contributed by atoms with E-state index in [0.29, 0.717) is 22.7 Å². The highest BCUT2D eigenvalue weighted by molar-refractivity contribution is 5.86. The number of nitrogens with two attached hydrogens (primary N) is 1. The number of nitrogens with one attached hydrogen (secondary N) is 1. The molecule has 9 heteroatoms. The third kappa shape index (κ3) is 3.66. The van der Waals surface area contributed by atoms with Crippen molar-refractivity contribution in [2.45, 2.75) is 26.8 Å². The number of fused-ring (bicyclic) bond motifs is 1. The summed E-state index contributed by atoms with van der Waals surface area (Å²) in [5.41, 5.74) is 8.94. The SMILES string of the molecule is Cc1nnc(-c2c(N)ncnc2N[C@@H](C)c2cc3cccc(C)c3c(=O)n2-c2ccccc2)o1. The van der Waals surface area contributed by atoms with Gasteiger partial charge in [0.15, 0.2) is 0 Å². The standard InChI is InChI=1S/C25H23N7O2/c1-14-8-7-9-17-12-19(32(25(33)20(14)17)18-10-5-4-6-11-18)15(2)29-23-21(22(26)27-13-28-23)24-31-30-16(3)34-24/h4-13,15H,1-3H3,(H3,26,27,28,29)/t15-/m0/s1. The van der Waals surface area contributed by atoms with E-state index in [1.807, 2.05) is 68.4 Å². The molecular weight excluding hydrogens is 430 g/mol. The van der Waals surface area contributed by atoms with Gasteiger partial charge < -0.3 is 15.5 Å². The Labute approximate surface area is 195 Å². The molecule has 0 aliphatic rings. The highest BCUT2D eigenvalue weighted by atomic mass is 16.4. The molecule has 3 N–H and O–H groups in total. The Morgan fingerprint density at radius 2 is 1.82 bits per heavy atom. The summed E-state index contributed by atoms with van der Waals surface area (Å²) in [7, 11) is 0. The molecule has 0 spiro atoms. The molecule has 0 radical (unpaired) electrons. The average molecular weight is 454 g/mol. The van der Waals surface area contributed by atoms with Crippen molar-refractivity contribution in [3.8, 4) is 17.1 Å². The topological polar surface area (TPSA) is 125 Å². The maximum atomic E-state index is 13.7. The predicted molar refractivity (Wildman–Crippen MR) is 131 cm³/mol. The van der Waals surface area contributed by atoms with Crippen molar-refractivity contribution in [1.29, 1.82) is 0 Å². The van der Waals surface area contributed by atoms with Crippen molar-refractivity contribution < 1.29 is 4.42 Å². The van der Waals surface area contributed by atoms with Crippen LogP contribution in [0.1, 0.15) is 30.1 Å². The van der Waals surface area contributed by atoms with Crippen LogP contribution in [0.15, 0.2) is 70.1 Å². The normalized spacial score (nSPS) is 12.1. The molecule has 0 fully saturated rings. The number of aromatic nitrogens is 5. The lowest BCUT2D eigenvalue weighted by Crippen LogP contribution is -2.26. The first-order chi connectivity index (χ1) is 16.4. The van der Waals surface area contributed by atoms with E-state index in [-0.39, 0.29) is 23.3 Å². The van der Waals surface area contributed by atoms with Crippen molar-refractivity contribution in [1.82, 2.24) is 24.7 Å². The van der Waals surface area contributed by atoms with Crippen molar-refractivity contribution >= 4 is 22.4 Å². The second-order valence-electron chi connectivity index (χ2n) is 8.06. The number of aryl methyl sites for hydroxylation is 2. The summed E-state index contributed by atoms with van der Waals surface area (Å²) in [6.45, 7) is 5.60. The van der Waals surface area contributed by atoms with Crippen molar-refractivity contribution in [3.63, 3.8) is 0 Å². The zero-order valence-electron chi connectivity index (χ0n) is 19.0. The minimum Gasteiger partial charge on any atom is -0.421 e. The van der Waals surface area contributed by atoms with Crippen LogP contribution in [0.5, 0.6) is 0 Å². The molecule has 5 rings (SSSR count). The number of para-hydroxylation sites is 1. The zero-order valence-corrected chi connectivity index (χ0v) is 19.0. The Kier molecular flexibility index (Phi) is 5.29. The number of nitrogens with zero attached hydrogens (tertiary/aromatic N) is 5. The van der Waals surface area contributed by atoms with E-state index in [1.165, 1.54) is 6.33 Å². The molecule has 34 heavy (non-hydrogen) atoms. The minimum atomic E-state index is -0.338. The number of pyridine rings is 1. The highest BCUT2D eigenvalue weighted by Gasteiger charge is 2.22.